The molecule has 0 aliphatic heterocycles. The molecule has 0 fully saturated rings. The highest BCUT2D eigenvalue weighted by Gasteiger charge is 2.20. The van der Waals surface area contributed by atoms with E-state index >= 15 is 0 Å². The highest BCUT2D eigenvalue weighted by atomic mass is 32.1. The Bertz CT molecular complexity index is 1200. The molecule has 0 saturated carbocycles. The van der Waals surface area contributed by atoms with Crippen molar-refractivity contribution < 1.29 is 19.6 Å². The highest BCUT2D eigenvalue weighted by Crippen LogP contribution is 2.39. The van der Waals surface area contributed by atoms with E-state index in [1.54, 1.807) is 41.7 Å². The van der Waals surface area contributed by atoms with Gasteiger partial charge in [-0.3, -0.25) is 10.1 Å². The van der Waals surface area contributed by atoms with Crippen molar-refractivity contribution >= 4 is 34.5 Å². The first kappa shape index (κ1) is 18.8. The van der Waals surface area contributed by atoms with Gasteiger partial charge in [0.1, 0.15) is 10.8 Å². The van der Waals surface area contributed by atoms with Crippen molar-refractivity contribution in [2.75, 3.05) is 0 Å². The van der Waals surface area contributed by atoms with Crippen molar-refractivity contribution in [1.82, 2.24) is 4.98 Å². The average molecular weight is 424 g/mol. The zero-order valence-corrected chi connectivity index (χ0v) is 16.3. The Morgan fingerprint density at radius 2 is 1.90 bits per heavy atom. The molecule has 1 N–H and O–H groups in total. The van der Waals surface area contributed by atoms with Gasteiger partial charge in [0.25, 0.3) is 5.69 Å². The van der Waals surface area contributed by atoms with E-state index in [1.165, 1.54) is 23.5 Å². The van der Waals surface area contributed by atoms with Crippen LogP contribution in [-0.2, 0) is 0 Å². The number of thiophene rings is 1. The largest absolute Gasteiger partial charge is 0.511 e. The Labute approximate surface area is 172 Å². The van der Waals surface area contributed by atoms with E-state index in [1.807, 2.05) is 22.2 Å². The van der Waals surface area contributed by atoms with Crippen LogP contribution in [0.4, 0.5) is 10.5 Å². The number of nitrogens with zero attached hydrogens (tertiary/aromatic N) is 2. The number of carboxylic acid groups (broad SMARTS) is 1. The number of aromatic nitrogens is 1. The predicted octanol–water partition coefficient (Wildman–Crippen LogP) is 6.17. The maximum Gasteiger partial charge on any atom is 0.511 e. The van der Waals surface area contributed by atoms with Crippen LogP contribution in [0, 0.1) is 10.1 Å². The van der Waals surface area contributed by atoms with Crippen LogP contribution in [0.1, 0.15) is 0 Å². The second kappa shape index (κ2) is 7.82. The van der Waals surface area contributed by atoms with Gasteiger partial charge in [0, 0.05) is 33.5 Å². The Balaban J connectivity index is 1.80. The fourth-order valence-electron chi connectivity index (χ4n) is 2.87. The van der Waals surface area contributed by atoms with E-state index in [2.05, 4.69) is 4.98 Å². The summed E-state index contributed by atoms with van der Waals surface area (Å²) in [5.41, 5.74) is 2.96. The molecule has 7 nitrogen and oxygen atoms in total. The zero-order valence-electron chi connectivity index (χ0n) is 14.6. The van der Waals surface area contributed by atoms with Gasteiger partial charge in [0.15, 0.2) is 0 Å². The number of benzene rings is 2. The predicted molar refractivity (Wildman–Crippen MR) is 112 cm³/mol. The fraction of sp³-hybridized carbons (Fsp3) is 0. The maximum atomic E-state index is 11.4. The third-order valence-electron chi connectivity index (χ3n) is 4.14. The van der Waals surface area contributed by atoms with Crippen molar-refractivity contribution in [3.8, 4) is 38.7 Å². The summed E-state index contributed by atoms with van der Waals surface area (Å²) < 4.78 is 4.95. The standard InChI is InChI=1S/C20H12N2O5S2/c23-20(24)27-18-9-12(19-21-16(11-29-19)13-7-8-28-10-13)5-6-15(18)14-3-1-2-4-17(14)22(25)26/h1-11H,(H,23,24). The summed E-state index contributed by atoms with van der Waals surface area (Å²) in [5.74, 6) is 0.0107. The van der Waals surface area contributed by atoms with Crippen molar-refractivity contribution in [3.05, 3.63) is 74.8 Å². The van der Waals surface area contributed by atoms with E-state index in [4.69, 9.17) is 9.84 Å². The van der Waals surface area contributed by atoms with Crippen LogP contribution in [0.15, 0.2) is 64.7 Å². The van der Waals surface area contributed by atoms with E-state index in [9.17, 15) is 14.9 Å². The van der Waals surface area contributed by atoms with E-state index in [-0.39, 0.29) is 17.0 Å². The fourth-order valence-corrected chi connectivity index (χ4v) is 4.34. The summed E-state index contributed by atoms with van der Waals surface area (Å²) >= 11 is 3.00. The smallest absolute Gasteiger partial charge is 0.449 e. The molecule has 2 heterocycles. The van der Waals surface area contributed by atoms with Crippen LogP contribution in [-0.4, -0.2) is 21.2 Å². The van der Waals surface area contributed by atoms with Gasteiger partial charge in [-0.15, -0.1) is 11.3 Å². The Kier molecular flexibility index (Phi) is 5.07. The second-order valence-electron chi connectivity index (χ2n) is 5.90. The number of nitro benzene ring substituents is 1. The molecule has 144 valence electrons. The molecule has 0 unspecified atom stereocenters. The number of nitro groups is 1. The van der Waals surface area contributed by atoms with Gasteiger partial charge in [-0.1, -0.05) is 18.2 Å². The molecule has 0 spiro atoms. The molecule has 0 aliphatic carbocycles. The molecule has 4 aromatic rings. The Morgan fingerprint density at radius 3 is 2.62 bits per heavy atom. The number of rotatable bonds is 5. The van der Waals surface area contributed by atoms with Crippen LogP contribution in [0.2, 0.25) is 0 Å². The summed E-state index contributed by atoms with van der Waals surface area (Å²) in [5, 5.41) is 27.1. The average Bonchev–Trinajstić information content (AvgIpc) is 3.39. The number of ether oxygens (including phenoxy) is 1. The van der Waals surface area contributed by atoms with Gasteiger partial charge >= 0.3 is 6.16 Å². The molecule has 9 heteroatoms. The van der Waals surface area contributed by atoms with E-state index in [0.717, 1.165) is 11.3 Å². The zero-order chi connectivity index (χ0) is 20.4. The second-order valence-corrected chi connectivity index (χ2v) is 7.54. The van der Waals surface area contributed by atoms with Gasteiger partial charge in [-0.2, -0.15) is 11.3 Å². The lowest BCUT2D eigenvalue weighted by molar-refractivity contribution is -0.384. The Morgan fingerprint density at radius 1 is 1.07 bits per heavy atom. The third-order valence-corrected chi connectivity index (χ3v) is 5.71. The number of thiazole rings is 1. The summed E-state index contributed by atoms with van der Waals surface area (Å²) in [4.78, 5) is 26.7. The summed E-state index contributed by atoms with van der Waals surface area (Å²) in [7, 11) is 0. The summed E-state index contributed by atoms with van der Waals surface area (Å²) in [6.07, 6.45) is -1.50. The van der Waals surface area contributed by atoms with Gasteiger partial charge in [0.2, 0.25) is 0 Å². The number of carbonyl (C=O) groups is 1. The maximum absolute atomic E-state index is 11.4. The molecule has 0 aliphatic rings. The highest BCUT2D eigenvalue weighted by molar-refractivity contribution is 7.13. The Hall–Kier alpha value is -3.56. The first-order valence-electron chi connectivity index (χ1n) is 8.30. The minimum absolute atomic E-state index is 0.0107. The molecule has 0 bridgehead atoms. The van der Waals surface area contributed by atoms with Gasteiger partial charge in [-0.25, -0.2) is 9.78 Å². The van der Waals surface area contributed by atoms with E-state index < -0.39 is 11.1 Å². The van der Waals surface area contributed by atoms with Crippen LogP contribution in [0.3, 0.4) is 0 Å². The first-order valence-corrected chi connectivity index (χ1v) is 10.1. The first-order chi connectivity index (χ1) is 14.0. The monoisotopic (exact) mass is 424 g/mol. The number of hydrogen-bond acceptors (Lipinski definition) is 7. The van der Waals surface area contributed by atoms with Crippen LogP contribution in [0.5, 0.6) is 5.75 Å². The lowest BCUT2D eigenvalue weighted by atomic mass is 10.0. The van der Waals surface area contributed by atoms with Crippen LogP contribution < -0.4 is 4.74 Å². The molecule has 0 amide bonds. The molecule has 0 saturated heterocycles. The molecule has 2 aromatic carbocycles. The van der Waals surface area contributed by atoms with Crippen molar-refractivity contribution in [1.29, 1.82) is 0 Å². The summed E-state index contributed by atoms with van der Waals surface area (Å²) in [6.45, 7) is 0. The quantitative estimate of drug-likeness (QED) is 0.178. The molecule has 4 rings (SSSR count). The van der Waals surface area contributed by atoms with Gasteiger partial charge in [-0.05, 0) is 29.6 Å². The molecular weight excluding hydrogens is 412 g/mol. The van der Waals surface area contributed by atoms with Crippen molar-refractivity contribution in [2.24, 2.45) is 0 Å². The lowest BCUT2D eigenvalue weighted by Gasteiger charge is -2.10. The van der Waals surface area contributed by atoms with Crippen molar-refractivity contribution in [2.45, 2.75) is 0 Å². The molecule has 2 aromatic heterocycles. The number of hydrogen-bond donors (Lipinski definition) is 1. The molecule has 0 atom stereocenters. The van der Waals surface area contributed by atoms with Gasteiger partial charge in [0.05, 0.1) is 16.2 Å². The summed E-state index contributed by atoms with van der Waals surface area (Å²) in [6, 6.07) is 13.0. The van der Waals surface area contributed by atoms with Crippen LogP contribution in [0.25, 0.3) is 33.0 Å². The normalized spacial score (nSPS) is 10.6. The topological polar surface area (TPSA) is 103 Å². The number of para-hydroxylation sites is 1. The van der Waals surface area contributed by atoms with Crippen molar-refractivity contribution in [3.63, 3.8) is 0 Å². The molecule has 29 heavy (non-hydrogen) atoms. The SMILES string of the molecule is O=C(O)Oc1cc(-c2nc(-c3ccsc3)cs2)ccc1-c1ccccc1[N+](=O)[O-]. The minimum Gasteiger partial charge on any atom is -0.449 e. The molecular formula is C20H12N2O5S2. The molecule has 0 radical (unpaired) electrons. The minimum atomic E-state index is -1.50. The lowest BCUT2D eigenvalue weighted by Crippen LogP contribution is -2.05. The van der Waals surface area contributed by atoms with Crippen LogP contribution >= 0.6 is 22.7 Å². The third kappa shape index (κ3) is 3.86. The van der Waals surface area contributed by atoms with Gasteiger partial charge < -0.3 is 9.84 Å². The van der Waals surface area contributed by atoms with E-state index in [0.29, 0.717) is 16.1 Å².